The third-order valence-corrected chi connectivity index (χ3v) is 5.34. The molecule has 166 valence electrons. The van der Waals surface area contributed by atoms with Gasteiger partial charge in [0.05, 0.1) is 46.7 Å². The molecule has 3 heterocycles. The topological polar surface area (TPSA) is 142 Å². The highest BCUT2D eigenvalue weighted by Crippen LogP contribution is 2.27. The van der Waals surface area contributed by atoms with Crippen LogP contribution in [0.1, 0.15) is 10.4 Å². The zero-order chi connectivity index (χ0) is 23.0. The molecule has 0 radical (unpaired) electrons. The summed E-state index contributed by atoms with van der Waals surface area (Å²) in [6.07, 6.45) is 1.32. The number of aryl methyl sites for hydroxylation is 1. The van der Waals surface area contributed by atoms with Gasteiger partial charge in [-0.05, 0) is 12.1 Å². The fourth-order valence-corrected chi connectivity index (χ4v) is 3.63. The molecule has 1 aliphatic heterocycles. The van der Waals surface area contributed by atoms with Gasteiger partial charge in [-0.15, -0.1) is 0 Å². The number of morpholine rings is 1. The van der Waals surface area contributed by atoms with Crippen molar-refractivity contribution in [1.29, 1.82) is 0 Å². The first-order valence-corrected chi connectivity index (χ1v) is 9.76. The number of nitrogens with one attached hydrogen (secondary N) is 1. The van der Waals surface area contributed by atoms with Crippen molar-refractivity contribution >= 4 is 34.0 Å². The molecule has 12 heteroatoms. The van der Waals surface area contributed by atoms with Crippen molar-refractivity contribution in [3.8, 4) is 0 Å². The monoisotopic (exact) mass is 440 g/mol. The normalized spacial score (nSPS) is 13.9. The van der Waals surface area contributed by atoms with Gasteiger partial charge in [0, 0.05) is 39.3 Å². The maximum absolute atomic E-state index is 13.1. The number of fused-ring (bicyclic) bond motifs is 1. The Morgan fingerprint density at radius 1 is 1.16 bits per heavy atom. The average Bonchev–Trinajstić information content (AvgIpc) is 2.81. The summed E-state index contributed by atoms with van der Waals surface area (Å²) < 4.78 is 7.53. The molecule has 0 unspecified atom stereocenters. The van der Waals surface area contributed by atoms with Crippen LogP contribution < -0.4 is 21.5 Å². The highest BCUT2D eigenvalue weighted by molar-refractivity contribution is 6.09. The van der Waals surface area contributed by atoms with Crippen LogP contribution >= 0.6 is 0 Å². The number of ether oxygens (including phenoxy) is 1. The maximum Gasteiger partial charge on any atom is 0.332 e. The zero-order valence-electron chi connectivity index (χ0n) is 17.4. The van der Waals surface area contributed by atoms with E-state index >= 15 is 0 Å². The molecule has 1 aromatic carbocycles. The number of amides is 1. The number of nitro groups is 1. The van der Waals surface area contributed by atoms with Crippen molar-refractivity contribution in [2.24, 2.45) is 14.1 Å². The summed E-state index contributed by atoms with van der Waals surface area (Å²) in [5.74, 6) is -0.585. The van der Waals surface area contributed by atoms with Crippen molar-refractivity contribution in [3.63, 3.8) is 0 Å². The van der Waals surface area contributed by atoms with Crippen molar-refractivity contribution in [2.75, 3.05) is 36.5 Å². The van der Waals surface area contributed by atoms with Gasteiger partial charge < -0.3 is 15.0 Å². The molecule has 0 atom stereocenters. The quantitative estimate of drug-likeness (QED) is 0.460. The smallest absolute Gasteiger partial charge is 0.332 e. The van der Waals surface area contributed by atoms with Gasteiger partial charge >= 0.3 is 5.69 Å². The number of hydrogen-bond donors (Lipinski definition) is 1. The molecule has 32 heavy (non-hydrogen) atoms. The number of carbonyl (C=O) groups excluding carboxylic acids is 1. The van der Waals surface area contributed by atoms with Crippen LogP contribution in [0.4, 0.5) is 17.1 Å². The molecule has 4 rings (SSSR count). The molecular formula is C20H20N6O6. The minimum Gasteiger partial charge on any atom is -0.378 e. The molecule has 0 bridgehead atoms. The van der Waals surface area contributed by atoms with Gasteiger partial charge in [0.15, 0.2) is 0 Å². The van der Waals surface area contributed by atoms with Gasteiger partial charge in [0.2, 0.25) is 0 Å². The van der Waals surface area contributed by atoms with Gasteiger partial charge in [0.1, 0.15) is 5.65 Å². The molecule has 1 fully saturated rings. The average molecular weight is 440 g/mol. The van der Waals surface area contributed by atoms with Crippen LogP contribution in [0.15, 0.2) is 40.1 Å². The highest BCUT2D eigenvalue weighted by Gasteiger charge is 2.22. The molecule has 3 aromatic rings. The second kappa shape index (κ2) is 8.23. The van der Waals surface area contributed by atoms with E-state index in [0.717, 1.165) is 4.57 Å². The largest absolute Gasteiger partial charge is 0.378 e. The van der Waals surface area contributed by atoms with Crippen molar-refractivity contribution in [3.05, 3.63) is 67.0 Å². The molecule has 1 saturated heterocycles. The van der Waals surface area contributed by atoms with Crippen molar-refractivity contribution < 1.29 is 14.5 Å². The Morgan fingerprint density at radius 2 is 1.88 bits per heavy atom. The number of non-ortho nitro benzene ring substituents is 1. The predicted octanol–water partition coefficient (Wildman–Crippen LogP) is 0.629. The fraction of sp³-hybridized carbons (Fsp3) is 0.300. The van der Waals surface area contributed by atoms with Crippen LogP contribution in [0.5, 0.6) is 0 Å². The molecule has 0 aliphatic carbocycles. The Kier molecular flexibility index (Phi) is 5.45. The second-order valence-electron chi connectivity index (χ2n) is 7.31. The molecule has 1 amide bonds. The van der Waals surface area contributed by atoms with E-state index in [0.29, 0.717) is 32.0 Å². The van der Waals surface area contributed by atoms with Gasteiger partial charge in [-0.25, -0.2) is 9.78 Å². The van der Waals surface area contributed by atoms with Gasteiger partial charge in [-0.2, -0.15) is 0 Å². The zero-order valence-corrected chi connectivity index (χ0v) is 17.4. The van der Waals surface area contributed by atoms with Crippen LogP contribution in [0.3, 0.4) is 0 Å². The number of pyridine rings is 1. The number of hydrogen-bond acceptors (Lipinski definition) is 8. The molecular weight excluding hydrogens is 420 g/mol. The van der Waals surface area contributed by atoms with E-state index in [2.05, 4.69) is 10.3 Å². The lowest BCUT2D eigenvalue weighted by Crippen LogP contribution is -2.37. The minimum atomic E-state index is -0.585. The van der Waals surface area contributed by atoms with Gasteiger partial charge in [-0.1, -0.05) is 0 Å². The van der Waals surface area contributed by atoms with E-state index in [9.17, 15) is 24.5 Å². The minimum absolute atomic E-state index is 0.120. The number of aromatic nitrogens is 3. The molecule has 12 nitrogen and oxygen atoms in total. The van der Waals surface area contributed by atoms with Gasteiger partial charge in [-0.3, -0.25) is 28.8 Å². The molecule has 1 N–H and O–H groups in total. The number of carbonyl (C=O) groups is 1. The third kappa shape index (κ3) is 3.71. The maximum atomic E-state index is 13.1. The SMILES string of the molecule is Cn1c(=O)c2cc(NC(=O)c3cc([N+](=O)[O-])ccc3N3CCOCC3)cnc2n(C)c1=O. The Hall–Kier alpha value is -4.06. The number of benzene rings is 1. The lowest BCUT2D eigenvalue weighted by molar-refractivity contribution is -0.384. The highest BCUT2D eigenvalue weighted by atomic mass is 16.6. The first-order valence-electron chi connectivity index (χ1n) is 9.76. The van der Waals surface area contributed by atoms with Crippen molar-refractivity contribution in [2.45, 2.75) is 0 Å². The lowest BCUT2D eigenvalue weighted by Gasteiger charge is -2.30. The Balaban J connectivity index is 1.74. The van der Waals surface area contributed by atoms with Crippen LogP contribution in [-0.4, -0.2) is 51.3 Å². The van der Waals surface area contributed by atoms with E-state index in [1.54, 1.807) is 6.07 Å². The van der Waals surface area contributed by atoms with E-state index in [1.807, 2.05) is 4.90 Å². The number of nitro benzene ring substituents is 1. The second-order valence-corrected chi connectivity index (χ2v) is 7.31. The van der Waals surface area contributed by atoms with Crippen LogP contribution in [0.25, 0.3) is 11.0 Å². The fourth-order valence-electron chi connectivity index (χ4n) is 3.63. The van der Waals surface area contributed by atoms with Crippen LogP contribution in [0.2, 0.25) is 0 Å². The molecule has 0 spiro atoms. The Labute approximate surface area is 180 Å². The molecule has 1 aliphatic rings. The van der Waals surface area contributed by atoms with E-state index < -0.39 is 22.1 Å². The van der Waals surface area contributed by atoms with Crippen LogP contribution in [0, 0.1) is 10.1 Å². The summed E-state index contributed by atoms with van der Waals surface area (Å²) in [6.45, 7) is 2.04. The standard InChI is InChI=1S/C20H20N6O6/c1-23-17-15(19(28)24(2)20(23)29)9-12(11-21-17)22-18(27)14-10-13(26(30)31)3-4-16(14)25-5-7-32-8-6-25/h3-4,9-11H,5-8H2,1-2H3,(H,22,27). The van der Waals surface area contributed by atoms with Crippen molar-refractivity contribution in [1.82, 2.24) is 14.1 Å². The first kappa shape index (κ1) is 21.2. The Morgan fingerprint density at radius 3 is 2.56 bits per heavy atom. The summed E-state index contributed by atoms with van der Waals surface area (Å²) in [5, 5.41) is 14.1. The van der Waals surface area contributed by atoms with Gasteiger partial charge in [0.25, 0.3) is 17.2 Å². The van der Waals surface area contributed by atoms with E-state index in [4.69, 9.17) is 4.74 Å². The lowest BCUT2D eigenvalue weighted by atomic mass is 10.1. The first-order chi connectivity index (χ1) is 15.3. The summed E-state index contributed by atoms with van der Waals surface area (Å²) in [4.78, 5) is 54.4. The number of rotatable bonds is 4. The van der Waals surface area contributed by atoms with E-state index in [-0.39, 0.29) is 28.0 Å². The predicted molar refractivity (Wildman–Crippen MR) is 116 cm³/mol. The Bertz CT molecular complexity index is 1360. The molecule has 2 aromatic heterocycles. The summed E-state index contributed by atoms with van der Waals surface area (Å²) >= 11 is 0. The van der Waals surface area contributed by atoms with E-state index in [1.165, 1.54) is 43.1 Å². The summed E-state index contributed by atoms with van der Waals surface area (Å²) in [6, 6.07) is 5.54. The number of anilines is 2. The summed E-state index contributed by atoms with van der Waals surface area (Å²) in [7, 11) is 2.85. The molecule has 0 saturated carbocycles. The van der Waals surface area contributed by atoms with Crippen LogP contribution in [-0.2, 0) is 18.8 Å². The third-order valence-electron chi connectivity index (χ3n) is 5.34. The summed E-state index contributed by atoms with van der Waals surface area (Å²) in [5.41, 5.74) is -0.210. The number of nitrogens with zero attached hydrogens (tertiary/aromatic N) is 5.